The summed E-state index contributed by atoms with van der Waals surface area (Å²) in [7, 11) is 0. The van der Waals surface area contributed by atoms with Crippen molar-refractivity contribution in [2.45, 2.75) is 71.1 Å². The minimum atomic E-state index is 0.667. The van der Waals surface area contributed by atoms with Gasteiger partial charge in [0.25, 0.3) is 0 Å². The number of hydrogen-bond acceptors (Lipinski definition) is 3. The molecule has 0 radical (unpaired) electrons. The van der Waals surface area contributed by atoms with E-state index in [1.807, 2.05) is 0 Å². The number of hydrogen-bond donors (Lipinski definition) is 1. The molecule has 0 heterocycles. The molecule has 15 heavy (non-hydrogen) atoms. The Bertz CT molecular complexity index is 97.8. The van der Waals surface area contributed by atoms with Crippen molar-refractivity contribution < 1.29 is 9.22 Å². The molecule has 92 valence electrons. The molecule has 0 rings (SSSR count). The minimum absolute atomic E-state index is 0.667. The highest BCUT2D eigenvalue weighted by Gasteiger charge is 1.92. The Morgan fingerprint density at radius 3 is 1.67 bits per heavy atom. The molecule has 0 fully saturated rings. The van der Waals surface area contributed by atoms with Crippen LogP contribution < -0.4 is 0 Å². The van der Waals surface area contributed by atoms with Gasteiger partial charge in [0, 0.05) is 12.9 Å². The van der Waals surface area contributed by atoms with Crippen LogP contribution in [0.5, 0.6) is 0 Å². The highest BCUT2D eigenvalue weighted by molar-refractivity contribution is 7.74. The molecule has 0 amide bonds. The molecule has 0 unspecified atom stereocenters. The first-order chi connectivity index (χ1) is 7.41. The van der Waals surface area contributed by atoms with Gasteiger partial charge in [-0.05, 0) is 6.42 Å². The molecule has 2 nitrogen and oxygen atoms in total. The van der Waals surface area contributed by atoms with Gasteiger partial charge in [0.1, 0.15) is 0 Å². The first kappa shape index (κ1) is 15.3. The van der Waals surface area contributed by atoms with E-state index in [1.165, 1.54) is 57.8 Å². The largest absolute Gasteiger partial charge is 0.225 e. The van der Waals surface area contributed by atoms with E-state index in [9.17, 15) is 0 Å². The Kier molecular flexibility index (Phi) is 14.5. The van der Waals surface area contributed by atoms with Gasteiger partial charge in [-0.25, -0.2) is 4.89 Å². The summed E-state index contributed by atoms with van der Waals surface area (Å²) >= 11 is 3.50. The molecular formula is C12H26O2S. The molecule has 0 aliphatic heterocycles. The standard InChI is InChI=1S/C12H26O2S/c1-2-3-4-5-6-7-8-9-10-11-12-13-14-15/h15H,2-12H2,1H3. The van der Waals surface area contributed by atoms with Gasteiger partial charge in [-0.1, -0.05) is 64.7 Å². The molecule has 0 aliphatic rings. The van der Waals surface area contributed by atoms with Gasteiger partial charge >= 0.3 is 0 Å². The van der Waals surface area contributed by atoms with Gasteiger partial charge in [0.15, 0.2) is 0 Å². The third-order valence-electron chi connectivity index (χ3n) is 2.63. The maximum absolute atomic E-state index is 4.67. The van der Waals surface area contributed by atoms with Crippen LogP contribution in [0.2, 0.25) is 0 Å². The minimum Gasteiger partial charge on any atom is -0.225 e. The van der Waals surface area contributed by atoms with Crippen molar-refractivity contribution in [2.75, 3.05) is 6.61 Å². The molecule has 3 heteroatoms. The van der Waals surface area contributed by atoms with Gasteiger partial charge in [-0.15, -0.1) is 0 Å². The van der Waals surface area contributed by atoms with E-state index in [2.05, 4.69) is 29.1 Å². The van der Waals surface area contributed by atoms with Gasteiger partial charge < -0.3 is 0 Å². The highest BCUT2D eigenvalue weighted by atomic mass is 32.1. The van der Waals surface area contributed by atoms with E-state index in [1.54, 1.807) is 0 Å². The molecule has 0 aromatic heterocycles. The zero-order chi connectivity index (χ0) is 11.2. The lowest BCUT2D eigenvalue weighted by molar-refractivity contribution is -0.188. The average molecular weight is 234 g/mol. The Hall–Kier alpha value is 0.270. The fraction of sp³-hybridized carbons (Fsp3) is 1.00. The first-order valence-corrected chi connectivity index (χ1v) is 6.71. The third-order valence-corrected chi connectivity index (χ3v) is 2.74. The second-order valence-corrected chi connectivity index (χ2v) is 4.23. The zero-order valence-electron chi connectivity index (χ0n) is 10.0. The fourth-order valence-electron chi connectivity index (χ4n) is 1.69. The van der Waals surface area contributed by atoms with Gasteiger partial charge in [-0.3, -0.25) is 0 Å². The fourth-order valence-corrected chi connectivity index (χ4v) is 1.76. The van der Waals surface area contributed by atoms with Crippen LogP contribution in [0, 0.1) is 0 Å². The topological polar surface area (TPSA) is 18.5 Å². The first-order valence-electron chi connectivity index (χ1n) is 6.35. The molecule has 0 aliphatic carbocycles. The van der Waals surface area contributed by atoms with E-state index in [-0.39, 0.29) is 0 Å². The quantitative estimate of drug-likeness (QED) is 0.173. The van der Waals surface area contributed by atoms with Crippen LogP contribution in [0.1, 0.15) is 71.1 Å². The summed E-state index contributed by atoms with van der Waals surface area (Å²) in [5, 5.41) is 0. The van der Waals surface area contributed by atoms with E-state index in [4.69, 9.17) is 0 Å². The number of rotatable bonds is 12. The van der Waals surface area contributed by atoms with Crippen LogP contribution in [-0.2, 0) is 9.22 Å². The Morgan fingerprint density at radius 1 is 0.733 bits per heavy atom. The molecule has 0 aromatic carbocycles. The molecular weight excluding hydrogens is 208 g/mol. The lowest BCUT2D eigenvalue weighted by atomic mass is 10.1. The Labute approximate surface area is 100 Å². The van der Waals surface area contributed by atoms with E-state index >= 15 is 0 Å². The monoisotopic (exact) mass is 234 g/mol. The molecule has 0 saturated heterocycles. The van der Waals surface area contributed by atoms with Crippen LogP contribution in [0.3, 0.4) is 0 Å². The van der Waals surface area contributed by atoms with Crippen molar-refractivity contribution in [3.8, 4) is 0 Å². The summed E-state index contributed by atoms with van der Waals surface area (Å²) in [4.78, 5) is 4.67. The van der Waals surface area contributed by atoms with E-state index in [0.717, 1.165) is 6.42 Å². The summed E-state index contributed by atoms with van der Waals surface area (Å²) in [6.45, 7) is 2.93. The Balaban J connectivity index is 2.81. The predicted molar refractivity (Wildman–Crippen MR) is 67.9 cm³/mol. The third kappa shape index (κ3) is 14.3. The molecule has 0 N–H and O–H groups in total. The van der Waals surface area contributed by atoms with Crippen LogP contribution in [0.25, 0.3) is 0 Å². The summed E-state index contributed by atoms with van der Waals surface area (Å²) in [5.41, 5.74) is 0. The van der Waals surface area contributed by atoms with Gasteiger partial charge in [-0.2, -0.15) is 4.33 Å². The molecule has 0 aromatic rings. The smallest absolute Gasteiger partial charge is 0.0834 e. The molecule has 0 bridgehead atoms. The highest BCUT2D eigenvalue weighted by Crippen LogP contribution is 2.10. The normalized spacial score (nSPS) is 10.8. The number of unbranched alkanes of at least 4 members (excludes halogenated alkanes) is 9. The van der Waals surface area contributed by atoms with Crippen LogP contribution >= 0.6 is 12.9 Å². The predicted octanol–water partition coefficient (Wildman–Crippen LogP) is 4.70. The van der Waals surface area contributed by atoms with Gasteiger partial charge in [0.2, 0.25) is 0 Å². The van der Waals surface area contributed by atoms with E-state index in [0.29, 0.717) is 6.61 Å². The van der Waals surface area contributed by atoms with Crippen LogP contribution in [-0.4, -0.2) is 6.61 Å². The van der Waals surface area contributed by atoms with Crippen LogP contribution in [0.15, 0.2) is 0 Å². The van der Waals surface area contributed by atoms with Crippen molar-refractivity contribution in [3.63, 3.8) is 0 Å². The average Bonchev–Trinajstić information content (AvgIpc) is 2.26. The SMILES string of the molecule is CCCCCCCCCCCCOOS. The number of thiol groups is 1. The molecule has 0 spiro atoms. The van der Waals surface area contributed by atoms with Crippen molar-refractivity contribution >= 4 is 12.9 Å². The lowest BCUT2D eigenvalue weighted by Gasteiger charge is -2.01. The van der Waals surface area contributed by atoms with Crippen molar-refractivity contribution in [1.29, 1.82) is 0 Å². The zero-order valence-corrected chi connectivity index (χ0v) is 10.9. The summed E-state index contributed by atoms with van der Waals surface area (Å²) in [6.07, 6.45) is 13.4. The summed E-state index contributed by atoms with van der Waals surface area (Å²) in [6, 6.07) is 0. The van der Waals surface area contributed by atoms with Crippen molar-refractivity contribution in [2.24, 2.45) is 0 Å². The lowest BCUT2D eigenvalue weighted by Crippen LogP contribution is -1.90. The van der Waals surface area contributed by atoms with Crippen molar-refractivity contribution in [3.05, 3.63) is 0 Å². The summed E-state index contributed by atoms with van der Waals surface area (Å²) in [5.74, 6) is 0. The second-order valence-electron chi connectivity index (χ2n) is 4.08. The van der Waals surface area contributed by atoms with Crippen LogP contribution in [0.4, 0.5) is 0 Å². The van der Waals surface area contributed by atoms with Gasteiger partial charge in [0.05, 0.1) is 6.61 Å². The maximum Gasteiger partial charge on any atom is 0.0834 e. The Morgan fingerprint density at radius 2 is 1.20 bits per heavy atom. The second kappa shape index (κ2) is 14.3. The maximum atomic E-state index is 4.67. The molecule has 0 atom stereocenters. The molecule has 0 saturated carbocycles. The van der Waals surface area contributed by atoms with E-state index < -0.39 is 0 Å². The van der Waals surface area contributed by atoms with Crippen molar-refractivity contribution in [1.82, 2.24) is 0 Å². The summed E-state index contributed by atoms with van der Waals surface area (Å²) < 4.78 is 4.22.